The topological polar surface area (TPSA) is 86.5 Å². The van der Waals surface area contributed by atoms with Crippen LogP contribution >= 0.6 is 11.6 Å². The Morgan fingerprint density at radius 2 is 2.13 bits per heavy atom. The van der Waals surface area contributed by atoms with Crippen molar-refractivity contribution >= 4 is 29.9 Å². The number of benzene rings is 1. The molecule has 0 spiro atoms. The second-order valence-electron chi connectivity index (χ2n) is 7.97. The van der Waals surface area contributed by atoms with E-state index in [2.05, 4.69) is 10.1 Å². The van der Waals surface area contributed by atoms with Crippen LogP contribution in [0.2, 0.25) is 5.02 Å². The van der Waals surface area contributed by atoms with Gasteiger partial charge in [0, 0.05) is 29.4 Å². The summed E-state index contributed by atoms with van der Waals surface area (Å²) in [7, 11) is 0. The number of likely N-dealkylation sites (tertiary alicyclic amines) is 1. The number of ether oxygens (including phenoxy) is 2. The Balaban J connectivity index is 1.52. The molecule has 1 aromatic carbocycles. The van der Waals surface area contributed by atoms with Crippen LogP contribution in [0.15, 0.2) is 36.7 Å². The van der Waals surface area contributed by atoms with Crippen LogP contribution < -0.4 is 0 Å². The number of aromatic nitrogens is 3. The maximum absolute atomic E-state index is 12.3. The molecule has 0 radical (unpaired) electrons. The van der Waals surface area contributed by atoms with Gasteiger partial charge in [0.2, 0.25) is 0 Å². The van der Waals surface area contributed by atoms with E-state index in [0.29, 0.717) is 17.4 Å². The lowest BCUT2D eigenvalue weighted by Gasteiger charge is -2.28. The Kier molecular flexibility index (Phi) is 6.77. The molecule has 1 fully saturated rings. The van der Waals surface area contributed by atoms with Crippen molar-refractivity contribution in [2.24, 2.45) is 0 Å². The van der Waals surface area contributed by atoms with E-state index in [0.717, 1.165) is 18.4 Å². The highest BCUT2D eigenvalue weighted by atomic mass is 35.5. The number of amides is 1. The summed E-state index contributed by atoms with van der Waals surface area (Å²) in [5.41, 5.74) is 0.214. The molecule has 9 heteroatoms. The van der Waals surface area contributed by atoms with Gasteiger partial charge in [0.15, 0.2) is 5.82 Å². The van der Waals surface area contributed by atoms with Gasteiger partial charge in [0.25, 0.3) is 0 Å². The van der Waals surface area contributed by atoms with Gasteiger partial charge in [-0.15, -0.1) is 5.10 Å². The van der Waals surface area contributed by atoms with E-state index in [1.807, 2.05) is 32.9 Å². The minimum absolute atomic E-state index is 0.119. The second kappa shape index (κ2) is 9.30. The minimum atomic E-state index is -0.564. The number of hydrogen-bond donors (Lipinski definition) is 0. The van der Waals surface area contributed by atoms with E-state index < -0.39 is 11.6 Å². The Labute approximate surface area is 180 Å². The minimum Gasteiger partial charge on any atom is -0.460 e. The Bertz CT molecular complexity index is 935. The van der Waals surface area contributed by atoms with Crippen molar-refractivity contribution < 1.29 is 19.1 Å². The van der Waals surface area contributed by atoms with E-state index in [1.165, 1.54) is 23.3 Å². The molecule has 1 atom stereocenters. The number of nitrogens with zero attached hydrogens (tertiary/aromatic N) is 4. The monoisotopic (exact) mass is 432 g/mol. The van der Waals surface area contributed by atoms with Crippen LogP contribution in [0.3, 0.4) is 0 Å². The third-order valence-corrected chi connectivity index (χ3v) is 4.61. The lowest BCUT2D eigenvalue weighted by Crippen LogP contribution is -2.42. The molecule has 3 rings (SSSR count). The number of esters is 1. The van der Waals surface area contributed by atoms with Crippen molar-refractivity contribution in [1.29, 1.82) is 0 Å². The molecule has 1 amide bonds. The molecule has 1 saturated heterocycles. The lowest BCUT2D eigenvalue weighted by atomic mass is 10.2. The molecule has 0 bridgehead atoms. The molecule has 2 aromatic rings. The number of carbonyl (C=O) groups excluding carboxylic acids is 2. The lowest BCUT2D eigenvalue weighted by molar-refractivity contribution is -0.139. The van der Waals surface area contributed by atoms with Crippen LogP contribution in [0.25, 0.3) is 17.6 Å². The summed E-state index contributed by atoms with van der Waals surface area (Å²) in [4.78, 5) is 30.2. The fourth-order valence-electron chi connectivity index (χ4n) is 3.04. The molecular weight excluding hydrogens is 408 g/mol. The van der Waals surface area contributed by atoms with E-state index in [4.69, 9.17) is 21.1 Å². The number of carbonyl (C=O) groups is 2. The summed E-state index contributed by atoms with van der Waals surface area (Å²) in [6, 6.07) is 7.01. The fraction of sp³-hybridized carbons (Fsp3) is 0.429. The van der Waals surface area contributed by atoms with Crippen molar-refractivity contribution in [2.45, 2.75) is 45.3 Å². The summed E-state index contributed by atoms with van der Waals surface area (Å²) in [5, 5.41) is 4.88. The molecular formula is C21H25ClN4O4. The molecule has 30 heavy (non-hydrogen) atoms. The Morgan fingerprint density at radius 1 is 1.33 bits per heavy atom. The highest BCUT2D eigenvalue weighted by Gasteiger charge is 2.32. The summed E-state index contributed by atoms with van der Waals surface area (Å²) in [6.45, 7) is 6.18. The second-order valence-corrected chi connectivity index (χ2v) is 8.41. The van der Waals surface area contributed by atoms with E-state index in [1.54, 1.807) is 17.0 Å². The average Bonchev–Trinajstić information content (AvgIpc) is 3.33. The number of hydrogen-bond acceptors (Lipinski definition) is 6. The van der Waals surface area contributed by atoms with Crippen LogP contribution in [0.5, 0.6) is 0 Å². The Hall–Kier alpha value is -2.87. The van der Waals surface area contributed by atoms with Crippen LogP contribution in [0, 0.1) is 0 Å². The van der Waals surface area contributed by atoms with Gasteiger partial charge in [-0.2, -0.15) is 0 Å². The van der Waals surface area contributed by atoms with Crippen LogP contribution in [-0.2, 0) is 14.3 Å². The van der Waals surface area contributed by atoms with Crippen molar-refractivity contribution in [3.8, 4) is 11.4 Å². The molecule has 2 heterocycles. The molecule has 0 saturated carbocycles. The molecule has 1 unspecified atom stereocenters. The molecule has 1 aliphatic rings. The van der Waals surface area contributed by atoms with Gasteiger partial charge in [-0.1, -0.05) is 23.7 Å². The quantitative estimate of drug-likeness (QED) is 0.524. The average molecular weight is 433 g/mol. The maximum Gasteiger partial charge on any atom is 0.410 e. The fourth-order valence-corrected chi connectivity index (χ4v) is 3.23. The maximum atomic E-state index is 12.3. The summed E-state index contributed by atoms with van der Waals surface area (Å²) in [6.07, 6.45) is 5.45. The van der Waals surface area contributed by atoms with Crippen LogP contribution in [-0.4, -0.2) is 56.5 Å². The largest absolute Gasteiger partial charge is 0.460 e. The summed E-state index contributed by atoms with van der Waals surface area (Å²) in [5.74, 6) is -0.0275. The molecule has 160 valence electrons. The first-order valence-electron chi connectivity index (χ1n) is 9.73. The Morgan fingerprint density at radius 3 is 2.87 bits per heavy atom. The van der Waals surface area contributed by atoms with Crippen LogP contribution in [0.4, 0.5) is 4.79 Å². The number of rotatable bonds is 5. The normalized spacial score (nSPS) is 16.8. The molecule has 1 aliphatic heterocycles. The van der Waals surface area contributed by atoms with Crippen molar-refractivity contribution in [3.05, 3.63) is 41.7 Å². The van der Waals surface area contributed by atoms with Crippen molar-refractivity contribution in [3.63, 3.8) is 0 Å². The van der Waals surface area contributed by atoms with Gasteiger partial charge >= 0.3 is 12.1 Å². The summed E-state index contributed by atoms with van der Waals surface area (Å²) >= 11 is 5.98. The zero-order chi connectivity index (χ0) is 21.7. The number of halogens is 1. The first kappa shape index (κ1) is 21.8. The summed E-state index contributed by atoms with van der Waals surface area (Å²) < 4.78 is 12.1. The first-order valence-corrected chi connectivity index (χ1v) is 10.1. The predicted molar refractivity (Wildman–Crippen MR) is 113 cm³/mol. The standard InChI is InChI=1S/C21H25ClN4O4/c1-21(2,3)30-20(28)26-10-5-8-17(26)13-29-18(27)9-11-25-14-23-19(24-25)15-6-4-7-16(22)12-15/h4,6-7,9,11-12,14,17H,5,8,10,13H2,1-3H3/b11-9-. The van der Waals surface area contributed by atoms with Gasteiger partial charge in [0.05, 0.1) is 6.04 Å². The van der Waals surface area contributed by atoms with E-state index in [9.17, 15) is 9.59 Å². The SMILES string of the molecule is CC(C)(C)OC(=O)N1CCCC1COC(=O)/C=C\n1cnc(-c2cccc(Cl)c2)n1. The van der Waals surface area contributed by atoms with Crippen LogP contribution in [0.1, 0.15) is 33.6 Å². The van der Waals surface area contributed by atoms with Gasteiger partial charge in [-0.05, 0) is 45.7 Å². The van der Waals surface area contributed by atoms with E-state index in [-0.39, 0.29) is 18.7 Å². The highest BCUT2D eigenvalue weighted by molar-refractivity contribution is 6.30. The third kappa shape index (κ3) is 6.06. The van der Waals surface area contributed by atoms with Crippen molar-refractivity contribution in [2.75, 3.05) is 13.2 Å². The molecule has 8 nitrogen and oxygen atoms in total. The third-order valence-electron chi connectivity index (χ3n) is 4.38. The predicted octanol–water partition coefficient (Wildman–Crippen LogP) is 4.01. The zero-order valence-electron chi connectivity index (χ0n) is 17.2. The van der Waals surface area contributed by atoms with Gasteiger partial charge in [-0.25, -0.2) is 19.3 Å². The smallest absolute Gasteiger partial charge is 0.410 e. The van der Waals surface area contributed by atoms with Gasteiger partial charge < -0.3 is 14.4 Å². The first-order chi connectivity index (χ1) is 14.2. The molecule has 0 N–H and O–H groups in total. The van der Waals surface area contributed by atoms with Gasteiger partial charge in [0.1, 0.15) is 18.5 Å². The molecule has 0 aliphatic carbocycles. The molecule has 1 aromatic heterocycles. The van der Waals surface area contributed by atoms with Crippen molar-refractivity contribution in [1.82, 2.24) is 19.7 Å². The highest BCUT2D eigenvalue weighted by Crippen LogP contribution is 2.21. The zero-order valence-corrected chi connectivity index (χ0v) is 18.0. The van der Waals surface area contributed by atoms with Gasteiger partial charge in [-0.3, -0.25) is 0 Å². The van der Waals surface area contributed by atoms with E-state index >= 15 is 0 Å².